The Balaban J connectivity index is 1.01. The molecule has 224 valence electrons. The van der Waals surface area contributed by atoms with Gasteiger partial charge in [0.25, 0.3) is 0 Å². The van der Waals surface area contributed by atoms with Crippen molar-refractivity contribution in [2.45, 2.75) is 32.6 Å². The normalized spacial score (nSPS) is 11.4. The molecule has 0 aliphatic rings. The van der Waals surface area contributed by atoms with Gasteiger partial charge >= 0.3 is 0 Å². The number of nitrogens with zero attached hydrogens (tertiary/aromatic N) is 3. The number of pyridine rings is 2. The topological polar surface area (TPSA) is 90.1 Å². The lowest BCUT2D eigenvalue weighted by molar-refractivity contribution is 0.261. The van der Waals surface area contributed by atoms with Crippen LogP contribution in [0.25, 0.3) is 10.9 Å². The monoisotopic (exact) mass is 577 g/mol. The Bertz CT molecular complexity index is 1490. The summed E-state index contributed by atoms with van der Waals surface area (Å²) in [5, 5.41) is 12.0. The van der Waals surface area contributed by atoms with Crippen LogP contribution in [0.15, 0.2) is 97.5 Å². The van der Waals surface area contributed by atoms with Crippen LogP contribution in [0, 0.1) is 0 Å². The Hall–Kier alpha value is -4.08. The largest absolute Gasteiger partial charge is 0.497 e. The highest BCUT2D eigenvalue weighted by Crippen LogP contribution is 2.23. The molecule has 43 heavy (non-hydrogen) atoms. The fourth-order valence-corrected chi connectivity index (χ4v) is 5.14. The molecule has 0 aliphatic carbocycles. The fourth-order valence-electron chi connectivity index (χ4n) is 5.14. The van der Waals surface area contributed by atoms with Gasteiger partial charge in [-0.05, 0) is 72.1 Å². The number of hydrogen-bond donors (Lipinski definition) is 4. The first-order valence-corrected chi connectivity index (χ1v) is 15.1. The number of hydrogen-bond acceptors (Lipinski definition) is 7. The first-order valence-electron chi connectivity index (χ1n) is 15.1. The molecule has 0 fully saturated rings. The van der Waals surface area contributed by atoms with Crippen LogP contribution in [0.2, 0.25) is 0 Å². The predicted molar refractivity (Wildman–Crippen MR) is 174 cm³/mol. The Kier molecular flexibility index (Phi) is 11.7. The third-order valence-corrected chi connectivity index (χ3v) is 7.58. The third-order valence-electron chi connectivity index (χ3n) is 7.58. The molecule has 0 aliphatic heterocycles. The number of aromatic nitrogens is 3. The third kappa shape index (κ3) is 9.73. The van der Waals surface area contributed by atoms with E-state index < -0.39 is 0 Å². The van der Waals surface area contributed by atoms with E-state index in [2.05, 4.69) is 96.6 Å². The molecule has 3 heterocycles. The number of ether oxygens (including phenoxy) is 1. The Labute approximate surface area is 254 Å². The molecule has 0 bridgehead atoms. The Morgan fingerprint density at radius 1 is 0.721 bits per heavy atom. The second-order valence-corrected chi connectivity index (χ2v) is 10.7. The zero-order valence-electron chi connectivity index (χ0n) is 25.1. The Morgan fingerprint density at radius 3 is 2.02 bits per heavy atom. The number of aromatic amines is 1. The van der Waals surface area contributed by atoms with Gasteiger partial charge in [-0.1, -0.05) is 36.4 Å². The van der Waals surface area contributed by atoms with Crippen molar-refractivity contribution in [2.75, 3.05) is 39.8 Å². The minimum Gasteiger partial charge on any atom is -0.497 e. The second-order valence-electron chi connectivity index (χ2n) is 10.7. The van der Waals surface area contributed by atoms with Crippen molar-refractivity contribution in [1.29, 1.82) is 0 Å². The lowest BCUT2D eigenvalue weighted by Crippen LogP contribution is -2.36. The standard InChI is InChI=1S/C35H43N7O/c1-43-33-12-13-35-34(22-33)30(25-41-35)14-17-36-23-28-8-10-29(11-9-28)24-37-18-20-42(27-32-7-3-5-16-40-32)21-19-38-26-31-6-2-4-15-39-31/h2-13,15-16,22,25,36-38,41H,14,17-21,23-24,26-27H2,1H3. The molecule has 2 aromatic carbocycles. The molecule has 0 atom stereocenters. The molecule has 0 saturated heterocycles. The molecule has 8 heteroatoms. The quantitative estimate of drug-likeness (QED) is 0.113. The summed E-state index contributed by atoms with van der Waals surface area (Å²) in [5.74, 6) is 0.891. The molecule has 5 aromatic rings. The highest BCUT2D eigenvalue weighted by molar-refractivity contribution is 5.84. The van der Waals surface area contributed by atoms with Gasteiger partial charge in [-0.15, -0.1) is 0 Å². The van der Waals surface area contributed by atoms with Crippen LogP contribution in [0.1, 0.15) is 28.1 Å². The van der Waals surface area contributed by atoms with E-state index in [1.807, 2.05) is 36.7 Å². The van der Waals surface area contributed by atoms with Gasteiger partial charge in [-0.25, -0.2) is 0 Å². The maximum atomic E-state index is 5.39. The highest BCUT2D eigenvalue weighted by Gasteiger charge is 2.08. The zero-order chi connectivity index (χ0) is 29.5. The molecule has 0 amide bonds. The van der Waals surface area contributed by atoms with Crippen LogP contribution in [0.5, 0.6) is 5.75 Å². The fraction of sp³-hybridized carbons (Fsp3) is 0.314. The summed E-state index contributed by atoms with van der Waals surface area (Å²) in [5.41, 5.74) is 7.21. The molecule has 8 nitrogen and oxygen atoms in total. The average molecular weight is 578 g/mol. The van der Waals surface area contributed by atoms with Gasteiger partial charge in [-0.3, -0.25) is 14.9 Å². The SMILES string of the molecule is COc1ccc2[nH]cc(CCNCc3ccc(CNCCN(CCNCc4ccccn4)Cc4ccccn4)cc3)c2c1. The van der Waals surface area contributed by atoms with Gasteiger partial charge in [-0.2, -0.15) is 0 Å². The second kappa shape index (κ2) is 16.5. The summed E-state index contributed by atoms with van der Waals surface area (Å²) in [6.07, 6.45) is 6.77. The highest BCUT2D eigenvalue weighted by atomic mass is 16.5. The lowest BCUT2D eigenvalue weighted by atomic mass is 10.1. The van der Waals surface area contributed by atoms with Crippen LogP contribution in [0.3, 0.4) is 0 Å². The first-order chi connectivity index (χ1) is 21.3. The summed E-state index contributed by atoms with van der Waals surface area (Å²) >= 11 is 0. The Morgan fingerprint density at radius 2 is 1.37 bits per heavy atom. The van der Waals surface area contributed by atoms with E-state index in [1.54, 1.807) is 7.11 Å². The molecular weight excluding hydrogens is 534 g/mol. The minimum absolute atomic E-state index is 0.780. The van der Waals surface area contributed by atoms with Crippen molar-refractivity contribution >= 4 is 10.9 Å². The van der Waals surface area contributed by atoms with Crippen molar-refractivity contribution in [3.8, 4) is 5.75 Å². The van der Waals surface area contributed by atoms with E-state index in [9.17, 15) is 0 Å². The summed E-state index contributed by atoms with van der Waals surface area (Å²) in [4.78, 5) is 14.7. The van der Waals surface area contributed by atoms with Gasteiger partial charge < -0.3 is 25.7 Å². The van der Waals surface area contributed by atoms with Crippen LogP contribution >= 0.6 is 0 Å². The van der Waals surface area contributed by atoms with Gasteiger partial charge in [0.2, 0.25) is 0 Å². The maximum absolute atomic E-state index is 5.39. The van der Waals surface area contributed by atoms with Gasteiger partial charge in [0.05, 0.1) is 18.5 Å². The number of nitrogens with one attached hydrogen (secondary N) is 4. The van der Waals surface area contributed by atoms with Gasteiger partial charge in [0.15, 0.2) is 0 Å². The number of methoxy groups -OCH3 is 1. The number of benzene rings is 2. The molecule has 3 aromatic heterocycles. The summed E-state index contributed by atoms with van der Waals surface area (Å²) in [6.45, 7) is 7.95. The van der Waals surface area contributed by atoms with Crippen molar-refractivity contribution < 1.29 is 4.74 Å². The smallest absolute Gasteiger partial charge is 0.119 e. The van der Waals surface area contributed by atoms with E-state index in [0.29, 0.717) is 0 Å². The van der Waals surface area contributed by atoms with Crippen LogP contribution < -0.4 is 20.7 Å². The summed E-state index contributed by atoms with van der Waals surface area (Å²) < 4.78 is 5.39. The van der Waals surface area contributed by atoms with Gasteiger partial charge in [0.1, 0.15) is 5.75 Å². The van der Waals surface area contributed by atoms with E-state index >= 15 is 0 Å². The van der Waals surface area contributed by atoms with E-state index in [4.69, 9.17) is 4.74 Å². The molecule has 4 N–H and O–H groups in total. The summed E-state index contributed by atoms with van der Waals surface area (Å²) in [7, 11) is 1.71. The van der Waals surface area contributed by atoms with Crippen molar-refractivity contribution in [3.05, 3.63) is 126 Å². The molecule has 0 unspecified atom stereocenters. The van der Waals surface area contributed by atoms with Crippen molar-refractivity contribution in [2.24, 2.45) is 0 Å². The first kappa shape index (κ1) is 30.4. The van der Waals surface area contributed by atoms with E-state index in [-0.39, 0.29) is 0 Å². The van der Waals surface area contributed by atoms with Crippen molar-refractivity contribution in [3.63, 3.8) is 0 Å². The summed E-state index contributed by atoms with van der Waals surface area (Å²) in [6, 6.07) is 27.2. The van der Waals surface area contributed by atoms with Gasteiger partial charge in [0, 0.05) is 81.9 Å². The maximum Gasteiger partial charge on any atom is 0.119 e. The molecule has 0 spiro atoms. The molecular formula is C35H43N7O. The van der Waals surface area contributed by atoms with Crippen LogP contribution in [-0.4, -0.2) is 59.7 Å². The van der Waals surface area contributed by atoms with E-state index in [0.717, 1.165) is 88.0 Å². The number of rotatable bonds is 18. The zero-order valence-corrected chi connectivity index (χ0v) is 25.1. The molecule has 0 saturated carbocycles. The van der Waals surface area contributed by atoms with Crippen molar-refractivity contribution in [1.82, 2.24) is 35.8 Å². The minimum atomic E-state index is 0.780. The van der Waals surface area contributed by atoms with E-state index in [1.165, 1.54) is 22.1 Å². The number of fused-ring (bicyclic) bond motifs is 1. The van der Waals surface area contributed by atoms with Crippen LogP contribution in [-0.2, 0) is 32.6 Å². The van der Waals surface area contributed by atoms with Crippen LogP contribution in [0.4, 0.5) is 0 Å². The lowest BCUT2D eigenvalue weighted by Gasteiger charge is -2.22. The predicted octanol–water partition coefficient (Wildman–Crippen LogP) is 4.68. The molecule has 0 radical (unpaired) electrons. The average Bonchev–Trinajstić information content (AvgIpc) is 3.46. The molecule has 5 rings (SSSR count). The number of H-pyrrole nitrogens is 1.